The quantitative estimate of drug-likeness (QED) is 0.431. The van der Waals surface area contributed by atoms with E-state index in [2.05, 4.69) is 15.0 Å². The lowest BCUT2D eigenvalue weighted by atomic mass is 10.2. The molecule has 8 nitrogen and oxygen atoms in total. The molecule has 0 spiro atoms. The maximum atomic E-state index is 13.0. The number of para-hydroxylation sites is 2. The van der Waals surface area contributed by atoms with Gasteiger partial charge in [0.15, 0.2) is 0 Å². The average molecular weight is 457 g/mol. The van der Waals surface area contributed by atoms with Crippen molar-refractivity contribution in [3.8, 4) is 0 Å². The van der Waals surface area contributed by atoms with E-state index in [9.17, 15) is 13.2 Å². The number of nitrogens with zero attached hydrogens (tertiary/aromatic N) is 2. The first-order chi connectivity index (χ1) is 15.5. The molecule has 32 heavy (non-hydrogen) atoms. The molecule has 2 aromatic carbocycles. The highest BCUT2D eigenvalue weighted by Gasteiger charge is 2.25. The summed E-state index contributed by atoms with van der Waals surface area (Å²) in [6, 6.07) is 13.7. The second kappa shape index (κ2) is 9.81. The summed E-state index contributed by atoms with van der Waals surface area (Å²) in [4.78, 5) is 17.6. The molecule has 1 amide bonds. The van der Waals surface area contributed by atoms with E-state index in [0.29, 0.717) is 38.2 Å². The molecular weight excluding hydrogens is 428 g/mol. The standard InChI is InChI=1S/C23H28N4O4S/c1-2-31-14-6-13-27-21-10-4-3-9-20(21)25-23(27)26-22(28)18-7-5-8-19(15-18)32(29,30)24-16-17-11-12-17/h3-5,7-10,15,17,24H,2,6,11-14,16H2,1H3,(H,25,26,28). The third kappa shape index (κ3) is 5.35. The van der Waals surface area contributed by atoms with Crippen LogP contribution < -0.4 is 10.0 Å². The molecule has 0 saturated heterocycles. The summed E-state index contributed by atoms with van der Waals surface area (Å²) in [7, 11) is -3.66. The number of aromatic nitrogens is 2. The zero-order valence-electron chi connectivity index (χ0n) is 18.1. The van der Waals surface area contributed by atoms with Gasteiger partial charge in [-0.15, -0.1) is 0 Å². The Balaban J connectivity index is 1.53. The van der Waals surface area contributed by atoms with Gasteiger partial charge in [-0.1, -0.05) is 18.2 Å². The first kappa shape index (κ1) is 22.4. The Morgan fingerprint density at radius 3 is 2.78 bits per heavy atom. The topological polar surface area (TPSA) is 102 Å². The fourth-order valence-electron chi connectivity index (χ4n) is 3.48. The van der Waals surface area contributed by atoms with Crippen LogP contribution in [-0.4, -0.2) is 43.6 Å². The van der Waals surface area contributed by atoms with Gasteiger partial charge in [0.1, 0.15) is 0 Å². The van der Waals surface area contributed by atoms with Crippen LogP contribution in [0.2, 0.25) is 0 Å². The number of carbonyl (C=O) groups excluding carboxylic acids is 1. The molecule has 0 bridgehead atoms. The second-order valence-corrected chi connectivity index (χ2v) is 9.67. The molecule has 0 radical (unpaired) electrons. The summed E-state index contributed by atoms with van der Waals surface area (Å²) < 4.78 is 35.1. The number of ether oxygens (including phenoxy) is 1. The van der Waals surface area contributed by atoms with Gasteiger partial charge >= 0.3 is 0 Å². The van der Waals surface area contributed by atoms with Gasteiger partial charge in [-0.05, 0) is 62.4 Å². The molecule has 1 aliphatic rings. The first-order valence-corrected chi connectivity index (χ1v) is 12.4. The number of rotatable bonds is 11. The Kier molecular flexibility index (Phi) is 6.88. The van der Waals surface area contributed by atoms with Crippen molar-refractivity contribution in [2.75, 3.05) is 25.1 Å². The largest absolute Gasteiger partial charge is 0.382 e. The van der Waals surface area contributed by atoms with Crippen molar-refractivity contribution in [3.05, 3.63) is 54.1 Å². The summed E-state index contributed by atoms with van der Waals surface area (Å²) in [6.45, 7) is 4.29. The number of imidazole rings is 1. The Morgan fingerprint density at radius 1 is 1.19 bits per heavy atom. The van der Waals surface area contributed by atoms with E-state index < -0.39 is 15.9 Å². The Morgan fingerprint density at radius 2 is 2.00 bits per heavy atom. The van der Waals surface area contributed by atoms with Crippen LogP contribution in [0.5, 0.6) is 0 Å². The van der Waals surface area contributed by atoms with Crippen LogP contribution in [0.3, 0.4) is 0 Å². The van der Waals surface area contributed by atoms with E-state index >= 15 is 0 Å². The summed E-state index contributed by atoms with van der Waals surface area (Å²) in [5, 5.41) is 2.85. The predicted octanol–water partition coefficient (Wildman–Crippen LogP) is 3.40. The summed E-state index contributed by atoms with van der Waals surface area (Å²) in [6.07, 6.45) is 2.88. The number of benzene rings is 2. The van der Waals surface area contributed by atoms with Crippen LogP contribution in [0.25, 0.3) is 11.0 Å². The third-order valence-electron chi connectivity index (χ3n) is 5.42. The van der Waals surface area contributed by atoms with Gasteiger partial charge in [-0.3, -0.25) is 10.1 Å². The number of fused-ring (bicyclic) bond motifs is 1. The van der Waals surface area contributed by atoms with Crippen LogP contribution in [0.15, 0.2) is 53.4 Å². The maximum Gasteiger partial charge on any atom is 0.258 e. The molecule has 0 atom stereocenters. The smallest absolute Gasteiger partial charge is 0.258 e. The van der Waals surface area contributed by atoms with Gasteiger partial charge in [0.05, 0.1) is 15.9 Å². The lowest BCUT2D eigenvalue weighted by Gasteiger charge is -2.11. The lowest BCUT2D eigenvalue weighted by molar-refractivity contribution is 0.102. The summed E-state index contributed by atoms with van der Waals surface area (Å²) >= 11 is 0. The first-order valence-electron chi connectivity index (χ1n) is 10.9. The number of sulfonamides is 1. The molecule has 4 rings (SSSR count). The van der Waals surface area contributed by atoms with Crippen LogP contribution in [0.4, 0.5) is 5.95 Å². The monoisotopic (exact) mass is 456 g/mol. The fraction of sp³-hybridized carbons (Fsp3) is 0.391. The average Bonchev–Trinajstić information content (AvgIpc) is 3.57. The number of hydrogen-bond acceptors (Lipinski definition) is 5. The lowest BCUT2D eigenvalue weighted by Crippen LogP contribution is -2.26. The van der Waals surface area contributed by atoms with Gasteiger partial charge in [0.25, 0.3) is 5.91 Å². The fourth-order valence-corrected chi connectivity index (χ4v) is 4.64. The zero-order valence-corrected chi connectivity index (χ0v) is 18.9. The van der Waals surface area contributed by atoms with Crippen molar-refractivity contribution < 1.29 is 17.9 Å². The van der Waals surface area contributed by atoms with Crippen LogP contribution in [0.1, 0.15) is 36.5 Å². The van der Waals surface area contributed by atoms with E-state index in [-0.39, 0.29) is 10.5 Å². The molecule has 1 fully saturated rings. The van der Waals surface area contributed by atoms with Crippen molar-refractivity contribution in [1.82, 2.24) is 14.3 Å². The van der Waals surface area contributed by atoms with Gasteiger partial charge in [0.2, 0.25) is 16.0 Å². The minimum Gasteiger partial charge on any atom is -0.382 e. The van der Waals surface area contributed by atoms with E-state index in [4.69, 9.17) is 4.74 Å². The van der Waals surface area contributed by atoms with Crippen molar-refractivity contribution in [2.45, 2.75) is 37.6 Å². The van der Waals surface area contributed by atoms with E-state index in [1.54, 1.807) is 12.1 Å². The van der Waals surface area contributed by atoms with Crippen LogP contribution in [0, 0.1) is 5.92 Å². The van der Waals surface area contributed by atoms with Crippen molar-refractivity contribution in [1.29, 1.82) is 0 Å². The molecule has 0 unspecified atom stereocenters. The molecule has 1 saturated carbocycles. The number of aryl methyl sites for hydroxylation is 1. The van der Waals surface area contributed by atoms with Gasteiger partial charge in [0, 0.05) is 31.9 Å². The van der Waals surface area contributed by atoms with E-state index in [1.165, 1.54) is 12.1 Å². The molecule has 3 aromatic rings. The highest BCUT2D eigenvalue weighted by atomic mass is 32.2. The molecule has 1 aromatic heterocycles. The molecule has 170 valence electrons. The molecule has 1 heterocycles. The second-order valence-electron chi connectivity index (χ2n) is 7.90. The van der Waals surface area contributed by atoms with Crippen LogP contribution in [-0.2, 0) is 21.3 Å². The van der Waals surface area contributed by atoms with Crippen molar-refractivity contribution >= 4 is 32.9 Å². The highest BCUT2D eigenvalue weighted by molar-refractivity contribution is 7.89. The Labute approximate surface area is 188 Å². The predicted molar refractivity (Wildman–Crippen MR) is 123 cm³/mol. The highest BCUT2D eigenvalue weighted by Crippen LogP contribution is 2.28. The minimum absolute atomic E-state index is 0.0796. The maximum absolute atomic E-state index is 13.0. The van der Waals surface area contributed by atoms with Gasteiger partial charge in [-0.2, -0.15) is 0 Å². The molecular formula is C23H28N4O4S. The SMILES string of the molecule is CCOCCCn1c(NC(=O)c2cccc(S(=O)(=O)NCC3CC3)c2)nc2ccccc21. The molecule has 2 N–H and O–H groups in total. The number of anilines is 1. The molecule has 1 aliphatic carbocycles. The number of nitrogens with one attached hydrogen (secondary N) is 2. The van der Waals surface area contributed by atoms with Crippen molar-refractivity contribution in [3.63, 3.8) is 0 Å². The van der Waals surface area contributed by atoms with Gasteiger partial charge in [-0.25, -0.2) is 18.1 Å². The minimum atomic E-state index is -3.66. The van der Waals surface area contributed by atoms with Gasteiger partial charge < -0.3 is 9.30 Å². The third-order valence-corrected chi connectivity index (χ3v) is 6.84. The van der Waals surface area contributed by atoms with Crippen molar-refractivity contribution in [2.24, 2.45) is 5.92 Å². The van der Waals surface area contributed by atoms with E-state index in [0.717, 1.165) is 30.3 Å². The van der Waals surface area contributed by atoms with Crippen LogP contribution >= 0.6 is 0 Å². The number of amides is 1. The molecule has 0 aliphatic heterocycles. The summed E-state index contributed by atoms with van der Waals surface area (Å²) in [5.41, 5.74) is 1.95. The normalized spacial score (nSPS) is 14.0. The number of hydrogen-bond donors (Lipinski definition) is 2. The Hall–Kier alpha value is -2.75. The molecule has 9 heteroatoms. The number of carbonyl (C=O) groups is 1. The summed E-state index contributed by atoms with van der Waals surface area (Å²) in [5.74, 6) is 0.436. The van der Waals surface area contributed by atoms with E-state index in [1.807, 2.05) is 35.8 Å². The zero-order chi connectivity index (χ0) is 22.6. The Bertz CT molecular complexity index is 1200.